The van der Waals surface area contributed by atoms with E-state index < -0.39 is 40.4 Å². The lowest BCUT2D eigenvalue weighted by Gasteiger charge is -2.46. The van der Waals surface area contributed by atoms with Gasteiger partial charge in [0, 0.05) is 0 Å². The molecule has 0 aliphatic carbocycles. The van der Waals surface area contributed by atoms with Crippen LogP contribution in [0, 0.1) is 5.41 Å². The minimum atomic E-state index is -2.12. The number of benzene rings is 4. The van der Waals surface area contributed by atoms with Crippen LogP contribution >= 0.6 is 34.8 Å². The van der Waals surface area contributed by atoms with E-state index >= 15 is 0 Å². The Labute approximate surface area is 284 Å². The van der Waals surface area contributed by atoms with Crippen LogP contribution in [0.5, 0.6) is 0 Å². The van der Waals surface area contributed by atoms with Crippen LogP contribution in [-0.2, 0) is 54.8 Å². The molecule has 5 rings (SSSR count). The second-order valence-electron chi connectivity index (χ2n) is 10.8. The quantitative estimate of drug-likeness (QED) is 0.0823. The monoisotopic (exact) mass is 683 g/mol. The van der Waals surface area contributed by atoms with Crippen molar-refractivity contribution in [3.05, 3.63) is 144 Å². The minimum Gasteiger partial charge on any atom is -0.445 e. The van der Waals surface area contributed by atoms with Crippen molar-refractivity contribution < 1.29 is 28.4 Å². The molecule has 4 aromatic rings. The molecule has 0 bridgehead atoms. The molecule has 1 aliphatic rings. The first-order chi connectivity index (χ1) is 22.4. The Balaban J connectivity index is 1.46. The lowest BCUT2D eigenvalue weighted by molar-refractivity contribution is -0.313. The van der Waals surface area contributed by atoms with Crippen molar-refractivity contribution in [3.63, 3.8) is 0 Å². The molecule has 0 radical (unpaired) electrons. The minimum absolute atomic E-state index is 0.131. The zero-order chi connectivity index (χ0) is 32.2. The first-order valence-corrected chi connectivity index (χ1v) is 16.1. The Morgan fingerprint density at radius 2 is 0.957 bits per heavy atom. The number of rotatable bonds is 14. The number of hydrogen-bond acceptors (Lipinski definition) is 7. The molecule has 0 unspecified atom stereocenters. The van der Waals surface area contributed by atoms with Gasteiger partial charge in [-0.05, 0) is 22.3 Å². The molecular formula is C36H36Cl3NO6. The summed E-state index contributed by atoms with van der Waals surface area (Å²) in [4.78, 5) is 0. The number of ether oxygens (including phenoxy) is 6. The van der Waals surface area contributed by atoms with Gasteiger partial charge >= 0.3 is 0 Å². The summed E-state index contributed by atoms with van der Waals surface area (Å²) in [6.07, 6.45) is -4.17. The molecule has 0 amide bonds. The number of halogens is 3. The van der Waals surface area contributed by atoms with E-state index in [1.807, 2.05) is 121 Å². The topological polar surface area (TPSA) is 79.2 Å². The van der Waals surface area contributed by atoms with E-state index in [0.29, 0.717) is 6.61 Å². The first-order valence-electron chi connectivity index (χ1n) is 14.9. The molecule has 1 heterocycles. The van der Waals surface area contributed by atoms with Crippen LogP contribution in [0.25, 0.3) is 0 Å². The maximum absolute atomic E-state index is 8.37. The van der Waals surface area contributed by atoms with Crippen molar-refractivity contribution in [3.8, 4) is 0 Å². The second kappa shape index (κ2) is 17.3. The molecular weight excluding hydrogens is 649 g/mol. The van der Waals surface area contributed by atoms with Crippen molar-refractivity contribution >= 4 is 40.7 Å². The zero-order valence-electron chi connectivity index (χ0n) is 25.1. The molecule has 1 fully saturated rings. The predicted molar refractivity (Wildman–Crippen MR) is 179 cm³/mol. The molecule has 1 N–H and O–H groups in total. The Bertz CT molecular complexity index is 1460. The van der Waals surface area contributed by atoms with Crippen LogP contribution in [0.4, 0.5) is 0 Å². The Hall–Kier alpha value is -2.98. The molecule has 1 saturated heterocycles. The van der Waals surface area contributed by atoms with Crippen molar-refractivity contribution in [2.75, 3.05) is 6.61 Å². The highest BCUT2D eigenvalue weighted by molar-refractivity contribution is 6.76. The van der Waals surface area contributed by atoms with Gasteiger partial charge in [-0.1, -0.05) is 156 Å². The molecule has 1 aliphatic heterocycles. The van der Waals surface area contributed by atoms with Gasteiger partial charge in [-0.15, -0.1) is 0 Å². The van der Waals surface area contributed by atoms with Gasteiger partial charge in [0.05, 0.1) is 33.0 Å². The van der Waals surface area contributed by atoms with E-state index in [0.717, 1.165) is 22.3 Å². The van der Waals surface area contributed by atoms with Crippen LogP contribution < -0.4 is 0 Å². The summed E-state index contributed by atoms with van der Waals surface area (Å²) in [6, 6.07) is 39.2. The van der Waals surface area contributed by atoms with Crippen molar-refractivity contribution in [2.24, 2.45) is 0 Å². The van der Waals surface area contributed by atoms with E-state index in [9.17, 15) is 0 Å². The van der Waals surface area contributed by atoms with Crippen LogP contribution in [-0.4, -0.2) is 47.0 Å². The zero-order valence-corrected chi connectivity index (χ0v) is 27.3. The largest absolute Gasteiger partial charge is 0.445 e. The van der Waals surface area contributed by atoms with Gasteiger partial charge in [0.1, 0.15) is 24.4 Å². The summed E-state index contributed by atoms with van der Waals surface area (Å²) in [6.45, 7) is 1.24. The van der Waals surface area contributed by atoms with E-state index in [-0.39, 0.29) is 26.4 Å². The third-order valence-corrected chi connectivity index (χ3v) is 7.85. The third-order valence-electron chi connectivity index (χ3n) is 7.33. The van der Waals surface area contributed by atoms with Crippen LogP contribution in [0.3, 0.4) is 0 Å². The van der Waals surface area contributed by atoms with Crippen molar-refractivity contribution in [1.82, 2.24) is 0 Å². The lowest BCUT2D eigenvalue weighted by atomic mass is 9.97. The van der Waals surface area contributed by atoms with Crippen LogP contribution in [0.2, 0.25) is 0 Å². The van der Waals surface area contributed by atoms with Gasteiger partial charge in [-0.3, -0.25) is 5.41 Å². The smallest absolute Gasteiger partial charge is 0.265 e. The molecule has 0 spiro atoms. The van der Waals surface area contributed by atoms with Crippen molar-refractivity contribution in [1.29, 1.82) is 5.41 Å². The Morgan fingerprint density at radius 1 is 0.565 bits per heavy atom. The Kier molecular flexibility index (Phi) is 12.9. The Morgan fingerprint density at radius 3 is 1.39 bits per heavy atom. The summed E-state index contributed by atoms with van der Waals surface area (Å²) in [7, 11) is 0. The summed E-state index contributed by atoms with van der Waals surface area (Å²) >= 11 is 18.1. The van der Waals surface area contributed by atoms with E-state index in [4.69, 9.17) is 68.6 Å². The summed E-state index contributed by atoms with van der Waals surface area (Å²) < 4.78 is 36.1. The normalized spacial score (nSPS) is 21.5. The number of hydrogen-bond donors (Lipinski definition) is 1. The maximum Gasteiger partial charge on any atom is 0.265 e. The molecule has 4 aromatic carbocycles. The van der Waals surface area contributed by atoms with Gasteiger partial charge in [0.25, 0.3) is 3.79 Å². The van der Waals surface area contributed by atoms with Crippen molar-refractivity contribution in [2.45, 2.75) is 60.9 Å². The average Bonchev–Trinajstić information content (AvgIpc) is 3.07. The summed E-state index contributed by atoms with van der Waals surface area (Å²) in [5.74, 6) is -0.606. The molecule has 0 saturated carbocycles. The van der Waals surface area contributed by atoms with Crippen LogP contribution in [0.15, 0.2) is 121 Å². The summed E-state index contributed by atoms with van der Waals surface area (Å²) in [5.41, 5.74) is 3.87. The molecule has 0 aromatic heterocycles. The summed E-state index contributed by atoms with van der Waals surface area (Å²) in [5, 5.41) is 8.37. The molecule has 242 valence electrons. The molecule has 5 atom stereocenters. The fraction of sp³-hybridized carbons (Fsp3) is 0.306. The fourth-order valence-electron chi connectivity index (χ4n) is 5.02. The molecule has 7 nitrogen and oxygen atoms in total. The first kappa shape index (κ1) is 34.4. The average molecular weight is 685 g/mol. The second-order valence-corrected chi connectivity index (χ2v) is 13.1. The van der Waals surface area contributed by atoms with Crippen LogP contribution in [0.1, 0.15) is 22.3 Å². The van der Waals surface area contributed by atoms with E-state index in [1.54, 1.807) is 0 Å². The van der Waals surface area contributed by atoms with Gasteiger partial charge < -0.3 is 28.4 Å². The maximum atomic E-state index is 8.37. The SMILES string of the molecule is N=C(O[C@@H]1O[C@H](COCc2ccccc2)[C@@H](OCc2ccccc2)[C@@H](OCc2ccccc2)[C@H]1OCc1ccccc1)C(Cl)(Cl)Cl. The van der Waals surface area contributed by atoms with E-state index in [2.05, 4.69) is 0 Å². The number of nitrogens with one attached hydrogen (secondary N) is 1. The van der Waals surface area contributed by atoms with Gasteiger partial charge in [0.2, 0.25) is 12.2 Å². The van der Waals surface area contributed by atoms with E-state index in [1.165, 1.54) is 0 Å². The molecule has 46 heavy (non-hydrogen) atoms. The van der Waals surface area contributed by atoms with Gasteiger partial charge in [-0.2, -0.15) is 0 Å². The fourth-order valence-corrected chi connectivity index (χ4v) is 5.16. The van der Waals surface area contributed by atoms with Gasteiger partial charge in [0.15, 0.2) is 0 Å². The lowest BCUT2D eigenvalue weighted by Crippen LogP contribution is -2.62. The predicted octanol–water partition coefficient (Wildman–Crippen LogP) is 8.05. The highest BCUT2D eigenvalue weighted by Crippen LogP contribution is 2.34. The highest BCUT2D eigenvalue weighted by atomic mass is 35.6. The standard InChI is InChI=1S/C36H36Cl3NO6/c37-36(38,39)35(40)46-34-33(44-24-29-19-11-4-12-20-29)32(43-23-28-17-9-3-10-18-28)31(42-22-27-15-7-2-8-16-27)30(45-34)25-41-21-26-13-5-1-6-14-26/h1-20,30-34,40H,21-25H2/t30-,31-,32-,33-,34+/m1/s1. The molecule has 10 heteroatoms. The highest BCUT2D eigenvalue weighted by Gasteiger charge is 2.51. The number of alkyl halides is 3. The van der Waals surface area contributed by atoms with Gasteiger partial charge in [-0.25, -0.2) is 0 Å². The third kappa shape index (κ3) is 10.3.